The number of fused-ring (bicyclic) bond motifs is 3. The number of amides is 3. The molecule has 0 spiro atoms. The van der Waals surface area contributed by atoms with Gasteiger partial charge in [0, 0.05) is 35.9 Å². The van der Waals surface area contributed by atoms with Gasteiger partial charge in [0.1, 0.15) is 18.5 Å². The average molecular weight is 460 g/mol. The highest BCUT2D eigenvalue weighted by Crippen LogP contribution is 2.34. The fourth-order valence-corrected chi connectivity index (χ4v) is 5.12. The Bertz CT molecular complexity index is 1020. The van der Waals surface area contributed by atoms with E-state index < -0.39 is 6.04 Å². The Morgan fingerprint density at radius 1 is 1.03 bits per heavy atom. The lowest BCUT2D eigenvalue weighted by atomic mass is 10.1. The number of carbonyl (C=O) groups is 2. The molecular weight excluding hydrogens is 437 g/mol. The number of likely N-dealkylation sites (N-methyl/N-ethyl adjacent to an activating group) is 1. The van der Waals surface area contributed by atoms with Crippen LogP contribution in [-0.2, 0) is 11.3 Å². The Hall–Kier alpha value is -2.32. The maximum Gasteiger partial charge on any atom is 0.328 e. The number of hydrogen-bond donors (Lipinski definition) is 1. The first-order chi connectivity index (χ1) is 14.9. The summed E-state index contributed by atoms with van der Waals surface area (Å²) in [7, 11) is 1.75. The van der Waals surface area contributed by atoms with Gasteiger partial charge in [-0.1, -0.05) is 35.3 Å². The Morgan fingerprint density at radius 3 is 2.55 bits per heavy atom. The second-order valence-electron chi connectivity index (χ2n) is 8.14. The Balaban J connectivity index is 1.43. The Morgan fingerprint density at radius 2 is 1.81 bits per heavy atom. The molecule has 9 heteroatoms. The minimum Gasteiger partial charge on any atom is -0.343 e. The van der Waals surface area contributed by atoms with Crippen LogP contribution in [0.5, 0.6) is 0 Å². The predicted octanol–water partition coefficient (Wildman–Crippen LogP) is 3.18. The second kappa shape index (κ2) is 7.98. The molecule has 7 nitrogen and oxygen atoms in total. The average Bonchev–Trinajstić information content (AvgIpc) is 3.16. The van der Waals surface area contributed by atoms with Crippen LogP contribution < -0.4 is 10.2 Å². The smallest absolute Gasteiger partial charge is 0.328 e. The zero-order valence-corrected chi connectivity index (χ0v) is 18.6. The number of nitrogens with zero attached hydrogens (tertiary/aromatic N) is 4. The summed E-state index contributed by atoms with van der Waals surface area (Å²) >= 11 is 12.2. The van der Waals surface area contributed by atoms with E-state index in [2.05, 4.69) is 15.1 Å². The van der Waals surface area contributed by atoms with Gasteiger partial charge < -0.3 is 9.80 Å². The molecule has 2 aromatic carbocycles. The lowest BCUT2D eigenvalue weighted by Crippen LogP contribution is -2.66. The topological polar surface area (TPSA) is 59.1 Å². The van der Waals surface area contributed by atoms with Crippen molar-refractivity contribution in [1.29, 1.82) is 0 Å². The number of hydrogen-bond acceptors (Lipinski definition) is 5. The van der Waals surface area contributed by atoms with Crippen molar-refractivity contribution in [1.82, 2.24) is 20.0 Å². The van der Waals surface area contributed by atoms with E-state index in [9.17, 15) is 9.59 Å². The molecule has 2 aromatic rings. The minimum atomic E-state index is -0.443. The molecule has 3 saturated heterocycles. The summed E-state index contributed by atoms with van der Waals surface area (Å²) in [5, 5.41) is 4.78. The van der Waals surface area contributed by atoms with E-state index in [1.54, 1.807) is 24.1 Å². The summed E-state index contributed by atoms with van der Waals surface area (Å²) in [6, 6.07) is 14.2. The molecule has 3 atom stereocenters. The van der Waals surface area contributed by atoms with Gasteiger partial charge in [0.25, 0.3) is 5.91 Å². The zero-order chi connectivity index (χ0) is 21.7. The van der Waals surface area contributed by atoms with E-state index in [1.165, 1.54) is 4.90 Å². The maximum atomic E-state index is 13.5. The van der Waals surface area contributed by atoms with Crippen LogP contribution in [0.15, 0.2) is 48.5 Å². The van der Waals surface area contributed by atoms with Crippen molar-refractivity contribution < 1.29 is 9.59 Å². The number of carbonyl (C=O) groups excluding carboxylic acids is 2. The van der Waals surface area contributed by atoms with Crippen LogP contribution in [0.1, 0.15) is 12.0 Å². The lowest BCUT2D eigenvalue weighted by Gasteiger charge is -2.43. The molecule has 3 aliphatic rings. The van der Waals surface area contributed by atoms with Gasteiger partial charge in [0.2, 0.25) is 0 Å². The molecule has 0 radical (unpaired) electrons. The van der Waals surface area contributed by atoms with Crippen molar-refractivity contribution >= 4 is 40.8 Å². The van der Waals surface area contributed by atoms with Crippen LogP contribution in [0.25, 0.3) is 0 Å². The lowest BCUT2D eigenvalue weighted by molar-refractivity contribution is -0.139. The number of halogens is 2. The molecule has 0 saturated carbocycles. The van der Waals surface area contributed by atoms with Crippen LogP contribution >= 0.6 is 23.2 Å². The van der Waals surface area contributed by atoms with E-state index in [1.807, 2.05) is 36.4 Å². The van der Waals surface area contributed by atoms with Gasteiger partial charge in [0.05, 0.1) is 6.54 Å². The zero-order valence-electron chi connectivity index (χ0n) is 17.0. The van der Waals surface area contributed by atoms with E-state index >= 15 is 0 Å². The number of rotatable bonds is 3. The van der Waals surface area contributed by atoms with Gasteiger partial charge >= 0.3 is 6.03 Å². The molecule has 3 unspecified atom stereocenters. The highest BCUT2D eigenvalue weighted by Gasteiger charge is 2.56. The van der Waals surface area contributed by atoms with Crippen LogP contribution in [0.4, 0.5) is 10.5 Å². The third-order valence-electron chi connectivity index (χ3n) is 6.26. The molecule has 3 heterocycles. The monoisotopic (exact) mass is 459 g/mol. The fourth-order valence-electron chi connectivity index (χ4n) is 4.78. The van der Waals surface area contributed by atoms with Gasteiger partial charge in [-0.15, -0.1) is 0 Å². The summed E-state index contributed by atoms with van der Waals surface area (Å²) in [6.07, 6.45) is 0.368. The predicted molar refractivity (Wildman–Crippen MR) is 120 cm³/mol. The highest BCUT2D eigenvalue weighted by molar-refractivity contribution is 6.30. The van der Waals surface area contributed by atoms with Crippen molar-refractivity contribution in [2.45, 2.75) is 31.5 Å². The number of imide groups is 1. The normalized spacial score (nSPS) is 26.3. The molecular formula is C22H23Cl2N5O2. The molecule has 0 aliphatic carbocycles. The SMILES string of the molecule is CN1C(=O)N(Cc2cccc(Cl)c2)C(=O)C2C1NC1N(c3ccc(Cl)cc3)CCCN21. The molecule has 1 N–H and O–H groups in total. The highest BCUT2D eigenvalue weighted by atomic mass is 35.5. The standard InChI is InChI=1S/C22H23Cl2N5O2/c1-26-19-18(20(30)29(22(26)31)13-14-4-2-5-16(24)12-14)28-11-3-10-27(21(28)25-19)17-8-6-15(23)7-9-17/h2,4-9,12,18-19,21,25H,3,10-11,13H2,1H3. The largest absolute Gasteiger partial charge is 0.343 e. The van der Waals surface area contributed by atoms with Crippen molar-refractivity contribution in [3.05, 3.63) is 64.1 Å². The third kappa shape index (κ3) is 3.55. The molecule has 162 valence electrons. The van der Waals surface area contributed by atoms with Crippen LogP contribution in [0.3, 0.4) is 0 Å². The summed E-state index contributed by atoms with van der Waals surface area (Å²) in [5.74, 6) is -0.180. The van der Waals surface area contributed by atoms with Crippen molar-refractivity contribution in [2.75, 3.05) is 25.0 Å². The van der Waals surface area contributed by atoms with E-state index in [0.29, 0.717) is 10.0 Å². The van der Waals surface area contributed by atoms with Gasteiger partial charge in [-0.25, -0.2) is 4.79 Å². The van der Waals surface area contributed by atoms with Crippen LogP contribution in [-0.4, -0.2) is 65.3 Å². The van der Waals surface area contributed by atoms with E-state index in [4.69, 9.17) is 23.2 Å². The molecule has 3 fully saturated rings. The number of benzene rings is 2. The first kappa shape index (κ1) is 20.6. The molecule has 3 amide bonds. The molecule has 3 aliphatic heterocycles. The Kier molecular flexibility index (Phi) is 5.30. The van der Waals surface area contributed by atoms with Crippen molar-refractivity contribution in [3.8, 4) is 0 Å². The van der Waals surface area contributed by atoms with Crippen LogP contribution in [0.2, 0.25) is 10.0 Å². The van der Waals surface area contributed by atoms with E-state index in [0.717, 1.165) is 30.8 Å². The number of anilines is 1. The van der Waals surface area contributed by atoms with Crippen molar-refractivity contribution in [3.63, 3.8) is 0 Å². The second-order valence-corrected chi connectivity index (χ2v) is 9.01. The fraction of sp³-hybridized carbons (Fsp3) is 0.364. The van der Waals surface area contributed by atoms with E-state index in [-0.39, 0.29) is 30.9 Å². The van der Waals surface area contributed by atoms with Gasteiger partial charge in [-0.05, 0) is 48.4 Å². The van der Waals surface area contributed by atoms with Gasteiger partial charge in [-0.2, -0.15) is 0 Å². The first-order valence-electron chi connectivity index (χ1n) is 10.3. The minimum absolute atomic E-state index is 0.171. The van der Waals surface area contributed by atoms with Gasteiger partial charge in [0.15, 0.2) is 0 Å². The molecule has 5 rings (SSSR count). The summed E-state index contributed by atoms with van der Waals surface area (Å²) in [4.78, 5) is 34.0. The van der Waals surface area contributed by atoms with Crippen molar-refractivity contribution in [2.24, 2.45) is 0 Å². The third-order valence-corrected chi connectivity index (χ3v) is 6.74. The van der Waals surface area contributed by atoms with Gasteiger partial charge in [-0.3, -0.25) is 19.9 Å². The summed E-state index contributed by atoms with van der Waals surface area (Å²) < 4.78 is 0. The first-order valence-corrected chi connectivity index (χ1v) is 11.1. The molecule has 31 heavy (non-hydrogen) atoms. The number of nitrogens with one attached hydrogen (secondary N) is 1. The molecule has 0 aromatic heterocycles. The maximum absolute atomic E-state index is 13.5. The Labute approximate surface area is 191 Å². The summed E-state index contributed by atoms with van der Waals surface area (Å²) in [5.41, 5.74) is 1.85. The number of urea groups is 1. The summed E-state index contributed by atoms with van der Waals surface area (Å²) in [6.45, 7) is 1.83. The van der Waals surface area contributed by atoms with Crippen LogP contribution in [0, 0.1) is 0 Å². The quantitative estimate of drug-likeness (QED) is 0.763. The molecule has 0 bridgehead atoms.